The summed E-state index contributed by atoms with van der Waals surface area (Å²) in [5.74, 6) is 0. The third-order valence-electron chi connectivity index (χ3n) is 1.01. The van der Waals surface area contributed by atoms with E-state index >= 15 is 0 Å². The molecule has 1 heterocycles. The molecular formula is C5H7NO2S. The number of rotatable bonds is 0. The quantitative estimate of drug-likeness (QED) is 0.541. The normalized spacial score (nSPS) is 24.1. The van der Waals surface area contributed by atoms with Crippen LogP contribution in [0.4, 0.5) is 4.79 Å². The lowest BCUT2D eigenvalue weighted by Crippen LogP contribution is -2.13. The van der Waals surface area contributed by atoms with Crippen LogP contribution in [0.3, 0.4) is 0 Å². The smallest absolute Gasteiger partial charge is 0.288 e. The summed E-state index contributed by atoms with van der Waals surface area (Å²) >= 11 is 0. The fraction of sp³-hybridized carbons (Fsp3) is 0. The van der Waals surface area contributed by atoms with Gasteiger partial charge in [-0.1, -0.05) is 12.2 Å². The van der Waals surface area contributed by atoms with Crippen LogP contribution in [0.15, 0.2) is 23.0 Å². The zero-order chi connectivity index (χ0) is 6.91. The Bertz CT molecular complexity index is 185. The highest BCUT2D eigenvalue weighted by Gasteiger charge is 2.22. The fourth-order valence-electron chi connectivity index (χ4n) is 0.510. The SMILES string of the molecule is NC(=O)S1(O)C=CC=C1. The Morgan fingerprint density at radius 3 is 2.11 bits per heavy atom. The number of amides is 1. The Morgan fingerprint density at radius 2 is 1.89 bits per heavy atom. The first-order chi connectivity index (χ1) is 4.15. The molecule has 0 bridgehead atoms. The standard InChI is InChI=1S/C5H7NO2S/c6-5(7)9(8)3-1-2-4-9/h1-4,8H,(H2,6,7). The summed E-state index contributed by atoms with van der Waals surface area (Å²) in [6.45, 7) is 0. The second kappa shape index (κ2) is 1.89. The molecule has 0 aromatic carbocycles. The molecule has 1 aliphatic rings. The molecule has 0 spiro atoms. The summed E-state index contributed by atoms with van der Waals surface area (Å²) in [6.07, 6.45) is 3.22. The van der Waals surface area contributed by atoms with Crippen molar-refractivity contribution in [3.05, 3.63) is 23.0 Å². The minimum absolute atomic E-state index is 0.660. The number of carbonyl (C=O) groups is 1. The summed E-state index contributed by atoms with van der Waals surface area (Å²) in [7, 11) is -2.34. The zero-order valence-electron chi connectivity index (χ0n) is 4.65. The Hall–Kier alpha value is -0.740. The van der Waals surface area contributed by atoms with Crippen molar-refractivity contribution in [1.29, 1.82) is 0 Å². The molecule has 0 atom stereocenters. The van der Waals surface area contributed by atoms with E-state index in [-0.39, 0.29) is 0 Å². The van der Waals surface area contributed by atoms with E-state index in [2.05, 4.69) is 0 Å². The van der Waals surface area contributed by atoms with Gasteiger partial charge in [-0.2, -0.15) is 0 Å². The second-order valence-electron chi connectivity index (χ2n) is 1.65. The van der Waals surface area contributed by atoms with E-state index in [9.17, 15) is 9.35 Å². The van der Waals surface area contributed by atoms with E-state index in [1.807, 2.05) is 0 Å². The summed E-state index contributed by atoms with van der Waals surface area (Å²) < 4.78 is 9.20. The number of primary amides is 1. The Labute approximate surface area is 54.4 Å². The molecule has 0 aliphatic carbocycles. The van der Waals surface area contributed by atoms with E-state index < -0.39 is 15.5 Å². The fourth-order valence-corrected chi connectivity index (χ4v) is 1.53. The van der Waals surface area contributed by atoms with E-state index in [4.69, 9.17) is 5.73 Å². The van der Waals surface area contributed by atoms with Gasteiger partial charge < -0.3 is 10.3 Å². The summed E-state index contributed by atoms with van der Waals surface area (Å²) in [5.41, 5.74) is 4.88. The molecule has 0 saturated heterocycles. The van der Waals surface area contributed by atoms with Crippen molar-refractivity contribution in [3.8, 4) is 0 Å². The number of nitrogens with two attached hydrogens (primary N) is 1. The van der Waals surface area contributed by atoms with Crippen LogP contribution in [0.1, 0.15) is 0 Å². The highest BCUT2D eigenvalue weighted by molar-refractivity contribution is 8.45. The minimum Gasteiger partial charge on any atom is -0.360 e. The van der Waals surface area contributed by atoms with Crippen LogP contribution in [0.25, 0.3) is 0 Å². The molecule has 50 valence electrons. The number of hydrogen-bond donors (Lipinski definition) is 2. The van der Waals surface area contributed by atoms with Gasteiger partial charge in [0.2, 0.25) is 0 Å². The van der Waals surface area contributed by atoms with Crippen LogP contribution in [0.5, 0.6) is 0 Å². The average molecular weight is 145 g/mol. The Kier molecular flexibility index (Phi) is 1.34. The second-order valence-corrected chi connectivity index (χ2v) is 3.94. The highest BCUT2D eigenvalue weighted by atomic mass is 32.3. The van der Waals surface area contributed by atoms with Gasteiger partial charge in [0.1, 0.15) is 0 Å². The first-order valence-electron chi connectivity index (χ1n) is 2.35. The maximum Gasteiger partial charge on any atom is 0.288 e. The zero-order valence-corrected chi connectivity index (χ0v) is 5.47. The van der Waals surface area contributed by atoms with E-state index in [1.165, 1.54) is 10.8 Å². The molecule has 1 amide bonds. The maximum absolute atomic E-state index is 10.4. The lowest BCUT2D eigenvalue weighted by molar-refractivity contribution is 0.265. The third-order valence-corrected chi connectivity index (χ3v) is 2.79. The van der Waals surface area contributed by atoms with Gasteiger partial charge in [0.15, 0.2) is 0 Å². The third kappa shape index (κ3) is 0.988. The van der Waals surface area contributed by atoms with Gasteiger partial charge in [0.25, 0.3) is 5.24 Å². The molecule has 3 nitrogen and oxygen atoms in total. The van der Waals surface area contributed by atoms with E-state index in [0.29, 0.717) is 0 Å². The highest BCUT2D eigenvalue weighted by Crippen LogP contribution is 2.49. The molecular weight excluding hydrogens is 138 g/mol. The molecule has 1 rings (SSSR count). The first kappa shape index (κ1) is 6.38. The van der Waals surface area contributed by atoms with Crippen molar-refractivity contribution < 1.29 is 9.35 Å². The summed E-state index contributed by atoms with van der Waals surface area (Å²) in [5, 5.41) is 2.19. The minimum atomic E-state index is -2.34. The van der Waals surface area contributed by atoms with Crippen LogP contribution in [-0.4, -0.2) is 9.79 Å². The lowest BCUT2D eigenvalue weighted by atomic mass is 10.6. The van der Waals surface area contributed by atoms with Crippen LogP contribution in [0, 0.1) is 0 Å². The molecule has 4 heteroatoms. The largest absolute Gasteiger partial charge is 0.360 e. The molecule has 0 unspecified atom stereocenters. The van der Waals surface area contributed by atoms with Crippen molar-refractivity contribution in [3.63, 3.8) is 0 Å². The maximum atomic E-state index is 10.4. The van der Waals surface area contributed by atoms with Gasteiger partial charge in [0.05, 0.1) is 0 Å². The van der Waals surface area contributed by atoms with E-state index in [0.717, 1.165) is 0 Å². The monoisotopic (exact) mass is 145 g/mol. The van der Waals surface area contributed by atoms with Crippen molar-refractivity contribution in [1.82, 2.24) is 0 Å². The predicted octanol–water partition coefficient (Wildman–Crippen LogP) is 1.38. The predicted molar refractivity (Wildman–Crippen MR) is 38.1 cm³/mol. The molecule has 9 heavy (non-hydrogen) atoms. The summed E-state index contributed by atoms with van der Waals surface area (Å²) in [4.78, 5) is 10.4. The Balaban J connectivity index is 2.88. The first-order valence-corrected chi connectivity index (χ1v) is 4.07. The summed E-state index contributed by atoms with van der Waals surface area (Å²) in [6, 6.07) is 0. The number of carbonyl (C=O) groups excluding carboxylic acids is 1. The Morgan fingerprint density at radius 1 is 1.44 bits per heavy atom. The van der Waals surface area contributed by atoms with Gasteiger partial charge in [-0.25, -0.2) is 0 Å². The van der Waals surface area contributed by atoms with Crippen LogP contribution in [-0.2, 0) is 0 Å². The van der Waals surface area contributed by atoms with Gasteiger partial charge >= 0.3 is 0 Å². The number of allylic oxidation sites excluding steroid dienone is 2. The van der Waals surface area contributed by atoms with E-state index in [1.54, 1.807) is 12.2 Å². The molecule has 3 N–H and O–H groups in total. The molecule has 0 radical (unpaired) electrons. The molecule has 0 aromatic heterocycles. The van der Waals surface area contributed by atoms with Crippen LogP contribution >= 0.6 is 10.3 Å². The molecule has 0 saturated carbocycles. The topological polar surface area (TPSA) is 63.3 Å². The van der Waals surface area contributed by atoms with Crippen molar-refractivity contribution in [2.24, 2.45) is 5.73 Å². The van der Waals surface area contributed by atoms with Crippen molar-refractivity contribution in [2.75, 3.05) is 0 Å². The van der Waals surface area contributed by atoms with Crippen molar-refractivity contribution in [2.45, 2.75) is 0 Å². The van der Waals surface area contributed by atoms with Crippen LogP contribution in [0.2, 0.25) is 0 Å². The average Bonchev–Trinajstić information content (AvgIpc) is 2.16. The number of hydrogen-bond acceptors (Lipinski definition) is 2. The van der Waals surface area contributed by atoms with Gasteiger partial charge in [-0.3, -0.25) is 4.79 Å². The van der Waals surface area contributed by atoms with Gasteiger partial charge in [-0.05, 0) is 21.1 Å². The van der Waals surface area contributed by atoms with Crippen molar-refractivity contribution >= 4 is 15.5 Å². The lowest BCUT2D eigenvalue weighted by Gasteiger charge is -2.17. The molecule has 1 aliphatic heterocycles. The molecule has 0 aromatic rings. The van der Waals surface area contributed by atoms with Gasteiger partial charge in [0, 0.05) is 0 Å². The molecule has 0 fully saturated rings. The van der Waals surface area contributed by atoms with Crippen LogP contribution < -0.4 is 5.73 Å². The van der Waals surface area contributed by atoms with Gasteiger partial charge in [-0.15, -0.1) is 0 Å².